The molecule has 0 radical (unpaired) electrons. The summed E-state index contributed by atoms with van der Waals surface area (Å²) in [4.78, 5) is 10.8. The Morgan fingerprint density at radius 2 is 2.16 bits per heavy atom. The molecule has 1 aliphatic heterocycles. The largest absolute Gasteiger partial charge is 0.493 e. The molecule has 176 valence electrons. The van der Waals surface area contributed by atoms with Gasteiger partial charge in [-0.1, -0.05) is 37.3 Å². The molecule has 7 heteroatoms. The molecular formula is C25H33F2NO4. The first-order valence-electron chi connectivity index (χ1n) is 11.2. The van der Waals surface area contributed by atoms with Crippen molar-refractivity contribution in [3.8, 4) is 5.75 Å². The van der Waals surface area contributed by atoms with Crippen molar-refractivity contribution >= 4 is 5.91 Å². The van der Waals surface area contributed by atoms with Gasteiger partial charge >= 0.3 is 0 Å². The smallest absolute Gasteiger partial charge is 0.270 e. The van der Waals surface area contributed by atoms with E-state index in [9.17, 15) is 18.7 Å². The average Bonchev–Trinajstić information content (AvgIpc) is 3.32. The number of allylic oxidation sites excluding steroid dienone is 2. The Morgan fingerprint density at radius 1 is 1.41 bits per heavy atom. The number of hydrogen-bond donors (Lipinski definition) is 2. The monoisotopic (exact) mass is 449 g/mol. The molecule has 32 heavy (non-hydrogen) atoms. The summed E-state index contributed by atoms with van der Waals surface area (Å²) in [6, 6.07) is 6.02. The number of carbonyl (C=O) groups excluding carboxylic acids is 1. The van der Waals surface area contributed by atoms with Gasteiger partial charge in [-0.15, -0.1) is 0 Å². The lowest BCUT2D eigenvalue weighted by atomic mass is 9.90. The fraction of sp³-hybridized carbons (Fsp3) is 0.560. The maximum Gasteiger partial charge on any atom is 0.270 e. The topological polar surface area (TPSA) is 81.8 Å². The van der Waals surface area contributed by atoms with Crippen molar-refractivity contribution in [1.82, 2.24) is 0 Å². The second-order valence-corrected chi connectivity index (χ2v) is 9.00. The van der Waals surface area contributed by atoms with Crippen molar-refractivity contribution in [2.75, 3.05) is 13.2 Å². The summed E-state index contributed by atoms with van der Waals surface area (Å²) >= 11 is 0. The molecule has 5 nitrogen and oxygen atoms in total. The first-order valence-corrected chi connectivity index (χ1v) is 11.2. The van der Waals surface area contributed by atoms with E-state index in [1.165, 1.54) is 17.7 Å². The normalized spacial score (nSPS) is 27.3. The maximum atomic E-state index is 13.5. The minimum Gasteiger partial charge on any atom is -0.493 e. The van der Waals surface area contributed by atoms with E-state index in [1.807, 2.05) is 19.1 Å². The highest BCUT2D eigenvalue weighted by atomic mass is 19.3. The number of alkyl halides is 2. The number of benzene rings is 1. The number of halogens is 2. The van der Waals surface area contributed by atoms with Crippen molar-refractivity contribution in [2.24, 2.45) is 17.6 Å². The van der Waals surface area contributed by atoms with Crippen LogP contribution >= 0.6 is 0 Å². The van der Waals surface area contributed by atoms with E-state index in [1.54, 1.807) is 12.1 Å². The van der Waals surface area contributed by atoms with Gasteiger partial charge in [-0.25, -0.2) is 8.78 Å². The van der Waals surface area contributed by atoms with E-state index in [4.69, 9.17) is 15.2 Å². The quantitative estimate of drug-likeness (QED) is 0.488. The van der Waals surface area contributed by atoms with Gasteiger partial charge in [0.1, 0.15) is 5.75 Å². The molecule has 1 aromatic carbocycles. The maximum absolute atomic E-state index is 13.5. The summed E-state index contributed by atoms with van der Waals surface area (Å²) in [5.74, 6) is -2.68. The van der Waals surface area contributed by atoms with E-state index in [0.29, 0.717) is 31.8 Å². The number of primary amides is 1. The molecular weight excluding hydrogens is 416 g/mol. The molecule has 1 amide bonds. The zero-order valence-electron chi connectivity index (χ0n) is 18.7. The van der Waals surface area contributed by atoms with Gasteiger partial charge in [0.15, 0.2) is 0 Å². The number of nitrogens with two attached hydrogens (primary N) is 1. The molecule has 2 aliphatic rings. The van der Waals surface area contributed by atoms with Crippen LogP contribution in [-0.4, -0.2) is 35.9 Å². The fourth-order valence-corrected chi connectivity index (χ4v) is 4.36. The number of hydrogen-bond acceptors (Lipinski definition) is 4. The lowest BCUT2D eigenvalue weighted by Crippen LogP contribution is -2.25. The standard InChI is InChI=1S/C25H33F2NO4/c1-17(15-31-20-9-7-8-18(13-20)24(2,26)27)12-19-14-25(19)21(22(29)16-32-25)10-5-3-4-6-11-23(28)30/h3-4,7-9,12-13,17,21-22,29H,5-6,10-11,14-16H2,1-2H3,(H2,28,30)/b4-3-,19-12+/t17?,21-,22-,25?/m0/s1. The van der Waals surface area contributed by atoms with Crippen molar-refractivity contribution in [2.45, 2.75) is 63.6 Å². The Hall–Kier alpha value is -2.25. The molecule has 1 saturated heterocycles. The molecule has 0 bridgehead atoms. The van der Waals surface area contributed by atoms with Crippen LogP contribution in [0, 0.1) is 11.8 Å². The number of aliphatic hydroxyl groups is 1. The number of carbonyl (C=O) groups is 1. The lowest BCUT2D eigenvalue weighted by Gasteiger charge is -2.19. The van der Waals surface area contributed by atoms with Crippen LogP contribution in [0.1, 0.15) is 51.5 Å². The van der Waals surface area contributed by atoms with Gasteiger partial charge in [0.05, 0.1) is 24.9 Å². The lowest BCUT2D eigenvalue weighted by molar-refractivity contribution is -0.117. The second kappa shape index (κ2) is 10.1. The SMILES string of the molecule is CC(/C=C1\CC12OC[C@H](O)[C@@H]2CC/C=C\CCC(N)=O)COc1cccc(C(C)(F)F)c1. The Kier molecular flexibility index (Phi) is 7.72. The highest BCUT2D eigenvalue weighted by molar-refractivity contribution is 5.73. The zero-order chi connectivity index (χ0) is 23.4. The number of rotatable bonds is 11. The van der Waals surface area contributed by atoms with Crippen LogP contribution in [-0.2, 0) is 15.5 Å². The zero-order valence-corrected chi connectivity index (χ0v) is 18.7. The molecule has 3 N–H and O–H groups in total. The Labute approximate surface area is 188 Å². The molecule has 1 aromatic rings. The van der Waals surface area contributed by atoms with Crippen LogP contribution in [0.25, 0.3) is 0 Å². The number of ether oxygens (including phenoxy) is 2. The van der Waals surface area contributed by atoms with Crippen LogP contribution < -0.4 is 10.5 Å². The molecule has 1 heterocycles. The highest BCUT2D eigenvalue weighted by Crippen LogP contribution is 2.58. The predicted molar refractivity (Wildman–Crippen MR) is 118 cm³/mol. The van der Waals surface area contributed by atoms with Gasteiger partial charge in [0.2, 0.25) is 5.91 Å². The van der Waals surface area contributed by atoms with Crippen molar-refractivity contribution in [3.63, 3.8) is 0 Å². The van der Waals surface area contributed by atoms with Crippen LogP contribution in [0.4, 0.5) is 8.78 Å². The third-order valence-corrected chi connectivity index (χ3v) is 6.15. The van der Waals surface area contributed by atoms with E-state index in [2.05, 4.69) is 6.08 Å². The summed E-state index contributed by atoms with van der Waals surface area (Å²) in [7, 11) is 0. The van der Waals surface area contributed by atoms with Crippen molar-refractivity contribution in [3.05, 3.63) is 53.6 Å². The molecule has 2 unspecified atom stereocenters. The van der Waals surface area contributed by atoms with E-state index in [-0.39, 0.29) is 28.9 Å². The summed E-state index contributed by atoms with van der Waals surface area (Å²) < 4.78 is 38.7. The molecule has 1 saturated carbocycles. The predicted octanol–water partition coefficient (Wildman–Crippen LogP) is 4.49. The van der Waals surface area contributed by atoms with E-state index < -0.39 is 12.0 Å². The molecule has 0 aromatic heterocycles. The molecule has 2 fully saturated rings. The van der Waals surface area contributed by atoms with Crippen LogP contribution in [0.15, 0.2) is 48.1 Å². The fourth-order valence-electron chi connectivity index (χ4n) is 4.36. The van der Waals surface area contributed by atoms with Crippen LogP contribution in [0.2, 0.25) is 0 Å². The summed E-state index contributed by atoms with van der Waals surface area (Å²) in [6.45, 7) is 3.58. The molecule has 4 atom stereocenters. The Bertz CT molecular complexity index is 864. The van der Waals surface area contributed by atoms with Crippen LogP contribution in [0.3, 0.4) is 0 Å². The number of amides is 1. The molecule has 1 aliphatic carbocycles. The third kappa shape index (κ3) is 6.17. The van der Waals surface area contributed by atoms with Gasteiger partial charge < -0.3 is 20.3 Å². The van der Waals surface area contributed by atoms with Gasteiger partial charge in [0.25, 0.3) is 5.92 Å². The van der Waals surface area contributed by atoms with Crippen molar-refractivity contribution in [1.29, 1.82) is 0 Å². The summed E-state index contributed by atoms with van der Waals surface area (Å²) in [5, 5.41) is 10.4. The van der Waals surface area contributed by atoms with Crippen molar-refractivity contribution < 1.29 is 28.2 Å². The molecule has 3 rings (SSSR count). The van der Waals surface area contributed by atoms with Gasteiger partial charge in [-0.05, 0) is 37.0 Å². The first-order chi connectivity index (χ1) is 15.1. The van der Waals surface area contributed by atoms with Crippen LogP contribution in [0.5, 0.6) is 5.75 Å². The Morgan fingerprint density at radius 3 is 2.88 bits per heavy atom. The minimum atomic E-state index is -2.90. The molecule has 1 spiro atoms. The van der Waals surface area contributed by atoms with E-state index in [0.717, 1.165) is 26.2 Å². The Balaban J connectivity index is 1.52. The van der Waals surface area contributed by atoms with E-state index >= 15 is 0 Å². The summed E-state index contributed by atoms with van der Waals surface area (Å²) in [5.41, 5.74) is 5.85. The third-order valence-electron chi connectivity index (χ3n) is 6.15. The van der Waals surface area contributed by atoms with Gasteiger partial charge in [0, 0.05) is 37.2 Å². The minimum absolute atomic E-state index is 0.0334. The first kappa shape index (κ1) is 24.4. The van der Waals surface area contributed by atoms with Gasteiger partial charge in [-0.3, -0.25) is 4.79 Å². The number of aliphatic hydroxyl groups excluding tert-OH is 1. The summed E-state index contributed by atoms with van der Waals surface area (Å²) in [6.07, 6.45) is 8.96. The highest BCUT2D eigenvalue weighted by Gasteiger charge is 2.61. The van der Waals surface area contributed by atoms with Gasteiger partial charge in [-0.2, -0.15) is 0 Å². The average molecular weight is 450 g/mol. The second-order valence-electron chi connectivity index (χ2n) is 9.00.